The lowest BCUT2D eigenvalue weighted by molar-refractivity contribution is -0.00409. The van der Waals surface area contributed by atoms with E-state index in [1.807, 2.05) is 0 Å². The zero-order chi connectivity index (χ0) is 15.8. The van der Waals surface area contributed by atoms with Gasteiger partial charge in [-0.1, -0.05) is 90.9 Å². The van der Waals surface area contributed by atoms with Gasteiger partial charge in [0.05, 0.1) is 5.60 Å². The summed E-state index contributed by atoms with van der Waals surface area (Å²) in [5, 5.41) is 19.8. The Morgan fingerprint density at radius 3 is 1.33 bits per heavy atom. The Kier molecular flexibility index (Phi) is 14.8. The molecule has 0 aromatic carbocycles. The normalized spacial score (nSPS) is 12.0. The van der Waals surface area contributed by atoms with Crippen molar-refractivity contribution in [2.45, 2.75) is 116 Å². The number of aliphatic hydroxyl groups is 2. The van der Waals surface area contributed by atoms with E-state index in [1.165, 1.54) is 64.2 Å². The first-order valence-corrected chi connectivity index (χ1v) is 9.51. The van der Waals surface area contributed by atoms with Crippen LogP contribution in [0.2, 0.25) is 0 Å². The summed E-state index contributed by atoms with van der Waals surface area (Å²) >= 11 is 0. The fraction of sp³-hybridized carbons (Fsp3) is 1.00. The van der Waals surface area contributed by atoms with Crippen molar-refractivity contribution in [3.8, 4) is 0 Å². The fourth-order valence-corrected chi connectivity index (χ4v) is 3.05. The van der Waals surface area contributed by atoms with Gasteiger partial charge in [0.25, 0.3) is 0 Å². The standard InChI is InChI=1S/C19H40O2/c1-3-5-7-9-11-13-15-19(21,17-18-20)16-14-12-10-8-6-4-2/h20-21H,3-18H2,1-2H3. The van der Waals surface area contributed by atoms with E-state index in [2.05, 4.69) is 13.8 Å². The zero-order valence-electron chi connectivity index (χ0n) is 14.7. The molecule has 0 aliphatic rings. The average molecular weight is 301 g/mol. The van der Waals surface area contributed by atoms with Crippen molar-refractivity contribution < 1.29 is 10.2 Å². The second-order valence-electron chi connectivity index (χ2n) is 6.73. The first kappa shape index (κ1) is 20.9. The van der Waals surface area contributed by atoms with E-state index in [1.54, 1.807) is 0 Å². The summed E-state index contributed by atoms with van der Waals surface area (Å²) in [6.07, 6.45) is 17.4. The van der Waals surface area contributed by atoms with Crippen LogP contribution in [0.3, 0.4) is 0 Å². The van der Waals surface area contributed by atoms with Crippen LogP contribution < -0.4 is 0 Å². The summed E-state index contributed by atoms with van der Waals surface area (Å²) in [7, 11) is 0. The van der Waals surface area contributed by atoms with Crippen molar-refractivity contribution in [3.05, 3.63) is 0 Å². The van der Waals surface area contributed by atoms with Gasteiger partial charge in [0, 0.05) is 6.61 Å². The third-order valence-electron chi connectivity index (χ3n) is 4.57. The Bertz CT molecular complexity index is 188. The molecule has 0 aromatic heterocycles. The highest BCUT2D eigenvalue weighted by atomic mass is 16.3. The molecule has 0 aromatic rings. The molecule has 0 bridgehead atoms. The van der Waals surface area contributed by atoms with Crippen molar-refractivity contribution in [1.29, 1.82) is 0 Å². The highest BCUT2D eigenvalue weighted by Gasteiger charge is 2.24. The summed E-state index contributed by atoms with van der Waals surface area (Å²) < 4.78 is 0. The molecule has 0 unspecified atom stereocenters. The summed E-state index contributed by atoms with van der Waals surface area (Å²) in [4.78, 5) is 0. The van der Waals surface area contributed by atoms with Crippen LogP contribution in [0.1, 0.15) is 110 Å². The van der Waals surface area contributed by atoms with Crippen LogP contribution in [-0.4, -0.2) is 22.4 Å². The largest absolute Gasteiger partial charge is 0.396 e. The third kappa shape index (κ3) is 13.3. The molecular formula is C19H40O2. The molecule has 0 heterocycles. The third-order valence-corrected chi connectivity index (χ3v) is 4.57. The van der Waals surface area contributed by atoms with Gasteiger partial charge in [-0.25, -0.2) is 0 Å². The molecule has 0 aliphatic carbocycles. The molecule has 128 valence electrons. The molecule has 0 radical (unpaired) electrons. The van der Waals surface area contributed by atoms with Crippen LogP contribution >= 0.6 is 0 Å². The van der Waals surface area contributed by atoms with Gasteiger partial charge in [-0.05, 0) is 19.3 Å². The number of unbranched alkanes of at least 4 members (excludes halogenated alkanes) is 10. The fourth-order valence-electron chi connectivity index (χ4n) is 3.05. The molecule has 21 heavy (non-hydrogen) atoms. The average Bonchev–Trinajstić information content (AvgIpc) is 2.47. The van der Waals surface area contributed by atoms with E-state index in [0.29, 0.717) is 6.42 Å². The summed E-state index contributed by atoms with van der Waals surface area (Å²) in [5.74, 6) is 0. The first-order valence-electron chi connectivity index (χ1n) is 9.51. The Balaban J connectivity index is 3.73. The molecule has 0 rings (SSSR count). The van der Waals surface area contributed by atoms with Crippen molar-refractivity contribution in [1.82, 2.24) is 0 Å². The minimum atomic E-state index is -0.607. The molecule has 0 aliphatic heterocycles. The predicted octanol–water partition coefficient (Wildman–Crippen LogP) is 5.60. The minimum absolute atomic E-state index is 0.113. The Labute approximate surface area is 133 Å². The molecule has 2 heteroatoms. The molecule has 0 saturated heterocycles. The lowest BCUT2D eigenvalue weighted by Gasteiger charge is -2.27. The van der Waals surface area contributed by atoms with E-state index >= 15 is 0 Å². The van der Waals surface area contributed by atoms with Gasteiger partial charge in [0.1, 0.15) is 0 Å². The summed E-state index contributed by atoms with van der Waals surface area (Å²) in [6, 6.07) is 0. The molecule has 0 atom stereocenters. The minimum Gasteiger partial charge on any atom is -0.396 e. The first-order chi connectivity index (χ1) is 10.2. The van der Waals surface area contributed by atoms with Gasteiger partial charge in [0.2, 0.25) is 0 Å². The zero-order valence-corrected chi connectivity index (χ0v) is 14.7. The molecule has 2 nitrogen and oxygen atoms in total. The maximum Gasteiger partial charge on any atom is 0.0669 e. The molecular weight excluding hydrogens is 260 g/mol. The Morgan fingerprint density at radius 1 is 0.571 bits per heavy atom. The number of hydrogen-bond acceptors (Lipinski definition) is 2. The lowest BCUT2D eigenvalue weighted by atomic mass is 9.87. The van der Waals surface area contributed by atoms with Gasteiger partial charge >= 0.3 is 0 Å². The summed E-state index contributed by atoms with van der Waals surface area (Å²) in [5.41, 5.74) is -0.607. The topological polar surface area (TPSA) is 40.5 Å². The molecule has 0 saturated carbocycles. The van der Waals surface area contributed by atoms with Gasteiger partial charge < -0.3 is 10.2 Å². The van der Waals surface area contributed by atoms with Crippen LogP contribution in [0, 0.1) is 0 Å². The van der Waals surface area contributed by atoms with Crippen LogP contribution in [0.5, 0.6) is 0 Å². The van der Waals surface area contributed by atoms with Crippen LogP contribution in [0.25, 0.3) is 0 Å². The second-order valence-corrected chi connectivity index (χ2v) is 6.73. The predicted molar refractivity (Wildman–Crippen MR) is 92.6 cm³/mol. The SMILES string of the molecule is CCCCCCCCC(O)(CCO)CCCCCCCC. The maximum atomic E-state index is 10.7. The molecule has 2 N–H and O–H groups in total. The van der Waals surface area contributed by atoms with Gasteiger partial charge in [0.15, 0.2) is 0 Å². The highest BCUT2D eigenvalue weighted by Crippen LogP contribution is 2.26. The van der Waals surface area contributed by atoms with Crippen LogP contribution in [-0.2, 0) is 0 Å². The van der Waals surface area contributed by atoms with Gasteiger partial charge in [-0.3, -0.25) is 0 Å². The highest BCUT2D eigenvalue weighted by molar-refractivity contribution is 4.78. The quantitative estimate of drug-likeness (QED) is 0.364. The Morgan fingerprint density at radius 2 is 0.952 bits per heavy atom. The monoisotopic (exact) mass is 300 g/mol. The number of rotatable bonds is 16. The maximum absolute atomic E-state index is 10.7. The number of aliphatic hydroxyl groups excluding tert-OH is 1. The van der Waals surface area contributed by atoms with E-state index < -0.39 is 5.60 Å². The number of hydrogen-bond donors (Lipinski definition) is 2. The van der Waals surface area contributed by atoms with E-state index in [-0.39, 0.29) is 6.61 Å². The van der Waals surface area contributed by atoms with Gasteiger partial charge in [-0.2, -0.15) is 0 Å². The molecule has 0 amide bonds. The summed E-state index contributed by atoms with van der Waals surface area (Å²) in [6.45, 7) is 4.59. The second kappa shape index (κ2) is 14.8. The lowest BCUT2D eigenvalue weighted by Crippen LogP contribution is -2.30. The molecule has 0 spiro atoms. The van der Waals surface area contributed by atoms with Crippen molar-refractivity contribution in [3.63, 3.8) is 0 Å². The van der Waals surface area contributed by atoms with Crippen molar-refractivity contribution in [2.24, 2.45) is 0 Å². The molecule has 0 fully saturated rings. The van der Waals surface area contributed by atoms with E-state index in [0.717, 1.165) is 25.7 Å². The van der Waals surface area contributed by atoms with E-state index in [9.17, 15) is 10.2 Å². The van der Waals surface area contributed by atoms with Gasteiger partial charge in [-0.15, -0.1) is 0 Å². The van der Waals surface area contributed by atoms with E-state index in [4.69, 9.17) is 0 Å². The van der Waals surface area contributed by atoms with Crippen LogP contribution in [0.15, 0.2) is 0 Å². The van der Waals surface area contributed by atoms with Crippen molar-refractivity contribution in [2.75, 3.05) is 6.61 Å². The Hall–Kier alpha value is -0.0800. The van der Waals surface area contributed by atoms with Crippen molar-refractivity contribution >= 4 is 0 Å². The smallest absolute Gasteiger partial charge is 0.0669 e. The van der Waals surface area contributed by atoms with Crippen LogP contribution in [0.4, 0.5) is 0 Å².